The van der Waals surface area contributed by atoms with E-state index in [0.717, 1.165) is 0 Å². The Morgan fingerprint density at radius 2 is 0.436 bits per heavy atom. The molecule has 6 rings (SSSR count). The normalized spacial score (nSPS) is 40.2. The Bertz CT molecular complexity index is 1760. The summed E-state index contributed by atoms with van der Waals surface area (Å²) in [6.45, 7) is 32.2. The van der Waals surface area contributed by atoms with Crippen LogP contribution in [0.5, 0.6) is 0 Å². The lowest BCUT2D eigenvalue weighted by Crippen LogP contribution is -2.62. The van der Waals surface area contributed by atoms with Crippen LogP contribution in [0.1, 0.15) is 162 Å². The van der Waals surface area contributed by atoms with E-state index in [2.05, 4.69) is 0 Å². The second kappa shape index (κ2) is 41.7. The van der Waals surface area contributed by atoms with E-state index in [1.54, 1.807) is 0 Å². The molecule has 574 valence electrons. The van der Waals surface area contributed by atoms with E-state index in [1.165, 1.54) is 7.11 Å². The maximum Gasteiger partial charge on any atom is 0.114 e. The van der Waals surface area contributed by atoms with Crippen LogP contribution in [0.4, 0.5) is 0 Å². The quantitative estimate of drug-likeness (QED) is 0.133. The van der Waals surface area contributed by atoms with E-state index >= 15 is 0 Å². The van der Waals surface area contributed by atoms with Crippen molar-refractivity contribution in [3.8, 4) is 0 Å². The Hall–Kier alpha value is -1.16. The first-order chi connectivity index (χ1) is 40.3. The molecule has 6 aliphatic rings. The molecule has 0 spiro atoms. The summed E-state index contributed by atoms with van der Waals surface area (Å²) in [6.07, 6.45) is -27.8. The van der Waals surface area contributed by atoms with Crippen molar-refractivity contribution in [2.24, 2.45) is 32.5 Å². The van der Waals surface area contributed by atoms with Gasteiger partial charge in [-0.2, -0.15) is 0 Å². The molecule has 29 atom stereocenters. The van der Waals surface area contributed by atoms with Gasteiger partial charge in [-0.1, -0.05) is 162 Å². The molecule has 29 heteroatoms. The molecule has 0 aromatic rings. The zero-order chi connectivity index (χ0) is 69.9. The highest BCUT2D eigenvalue weighted by atomic mass is 16.6. The molecular formula is C65H140O29. The molecule has 0 bridgehead atoms. The maximum atomic E-state index is 9.95. The minimum absolute atomic E-state index is 0. The minimum atomic E-state index is -1.28. The Labute approximate surface area is 561 Å². The number of hydrogen-bond acceptors (Lipinski definition) is 29. The molecule has 94 heavy (non-hydrogen) atoms. The molecule has 0 radical (unpaired) electrons. The lowest BCUT2D eigenvalue weighted by atomic mass is 9.80. The molecule has 6 saturated heterocycles. The van der Waals surface area contributed by atoms with Crippen LogP contribution in [0.2, 0.25) is 0 Å². The van der Waals surface area contributed by atoms with Crippen molar-refractivity contribution < 1.29 is 146 Å². The van der Waals surface area contributed by atoms with Crippen LogP contribution in [-0.4, -0.2) is 336 Å². The molecule has 0 amide bonds. The van der Waals surface area contributed by atoms with Crippen molar-refractivity contribution >= 4 is 0 Å². The Morgan fingerprint density at radius 3 is 0.617 bits per heavy atom. The molecule has 0 saturated carbocycles. The predicted octanol–water partition coefficient (Wildman–Crippen LogP) is -2.28. The van der Waals surface area contributed by atoms with E-state index in [0.29, 0.717) is 0 Å². The van der Waals surface area contributed by atoms with Gasteiger partial charge < -0.3 is 146 Å². The number of ether oxygens (including phenoxy) is 7. The third kappa shape index (κ3) is 27.3. The van der Waals surface area contributed by atoms with Crippen LogP contribution in [0.15, 0.2) is 0 Å². The van der Waals surface area contributed by atoms with Crippen LogP contribution < -0.4 is 0 Å². The lowest BCUT2D eigenvalue weighted by molar-refractivity contribution is -0.256. The summed E-state index contributed by atoms with van der Waals surface area (Å²) < 4.78 is 37.5. The summed E-state index contributed by atoms with van der Waals surface area (Å²) in [5.41, 5.74) is -2.02. The number of methoxy groups -OCH3 is 1. The van der Waals surface area contributed by atoms with Gasteiger partial charge in [0.15, 0.2) is 0 Å². The fourth-order valence-corrected chi connectivity index (χ4v) is 10.9. The van der Waals surface area contributed by atoms with Gasteiger partial charge in [0, 0.05) is 7.11 Å². The van der Waals surface area contributed by atoms with E-state index in [9.17, 15) is 91.9 Å². The van der Waals surface area contributed by atoms with Crippen molar-refractivity contribution in [1.29, 1.82) is 0 Å². The fraction of sp³-hybridized carbons (Fsp3) is 1.00. The van der Waals surface area contributed by atoms with Crippen LogP contribution in [-0.2, 0) is 33.2 Å². The van der Waals surface area contributed by atoms with Gasteiger partial charge in [-0.15, -0.1) is 0 Å². The Balaban J connectivity index is -0.000000334. The summed E-state index contributed by atoms with van der Waals surface area (Å²) in [5, 5.41) is 208. The van der Waals surface area contributed by atoms with Crippen molar-refractivity contribution in [3.63, 3.8) is 0 Å². The van der Waals surface area contributed by atoms with E-state index < -0.39 is 177 Å². The minimum Gasteiger partial charge on any atom is -0.394 e. The van der Waals surface area contributed by atoms with Gasteiger partial charge in [0.2, 0.25) is 0 Å². The first-order valence-electron chi connectivity index (χ1n) is 30.3. The van der Waals surface area contributed by atoms with Gasteiger partial charge in [-0.05, 0) is 32.5 Å². The highest BCUT2D eigenvalue weighted by Crippen LogP contribution is 2.38. The summed E-state index contributed by atoms with van der Waals surface area (Å²) in [6, 6.07) is 0. The standard InChI is InChI=1S/C11H22O5.4C10H20O5.C9H18O4.5CH4/c1-11(2,3)10-8(14)7(13)9(15-4)6(5-12)16-10;4*1-10(2,3)9-8(14)7(13)6(12)5(4-11)15-9;1-9(2,3)8-7(12)6(11)5(10)4-13-8;;;;;/h6-10,12-14H,5H2,1-4H3;4*5-9,11-14H,4H2,1-3H3;5-8,10-12H,4H2,1-3H3;5*1H4/t6?,7?,8-,9+,10+;2*5?,6-,7?,8+,9-;5?,6-,7?,8-,9+;5?,6-,7?,8-,9-;5-,6?,7+,8-;;;;;/m011011...../s1. The van der Waals surface area contributed by atoms with Crippen molar-refractivity contribution in [1.82, 2.24) is 0 Å². The third-order valence-electron chi connectivity index (χ3n) is 16.3. The fourth-order valence-electron chi connectivity index (χ4n) is 10.9. The molecule has 0 aliphatic carbocycles. The molecular weight excluding hydrogens is 1240 g/mol. The van der Waals surface area contributed by atoms with Gasteiger partial charge in [-0.3, -0.25) is 0 Å². The maximum absolute atomic E-state index is 9.95. The largest absolute Gasteiger partial charge is 0.394 e. The van der Waals surface area contributed by atoms with Gasteiger partial charge in [0.25, 0.3) is 0 Å². The van der Waals surface area contributed by atoms with Gasteiger partial charge in [0.05, 0.1) is 76.3 Å². The number of rotatable bonds is 6. The van der Waals surface area contributed by atoms with Crippen molar-refractivity contribution in [2.45, 2.75) is 339 Å². The molecule has 22 N–H and O–H groups in total. The number of hydrogen-bond donors (Lipinski definition) is 22. The summed E-state index contributed by atoms with van der Waals surface area (Å²) in [5.74, 6) is 0. The third-order valence-corrected chi connectivity index (χ3v) is 16.3. The number of aliphatic hydroxyl groups is 22. The van der Waals surface area contributed by atoms with Gasteiger partial charge >= 0.3 is 0 Å². The first-order valence-corrected chi connectivity index (χ1v) is 30.3. The van der Waals surface area contributed by atoms with Crippen LogP contribution in [0, 0.1) is 32.5 Å². The molecule has 6 heterocycles. The molecule has 29 nitrogen and oxygen atoms in total. The Kier molecular flexibility index (Phi) is 45.0. The van der Waals surface area contributed by atoms with Gasteiger partial charge in [0.1, 0.15) is 140 Å². The van der Waals surface area contributed by atoms with E-state index in [-0.39, 0.29) is 109 Å². The average molecular weight is 1390 g/mol. The summed E-state index contributed by atoms with van der Waals surface area (Å²) >= 11 is 0. The summed E-state index contributed by atoms with van der Waals surface area (Å²) in [4.78, 5) is 0. The van der Waals surface area contributed by atoms with Gasteiger partial charge in [-0.25, -0.2) is 0 Å². The first kappa shape index (κ1) is 101. The summed E-state index contributed by atoms with van der Waals surface area (Å²) in [7, 11) is 1.42. The lowest BCUT2D eigenvalue weighted by Gasteiger charge is -2.46. The van der Waals surface area contributed by atoms with E-state index in [1.807, 2.05) is 125 Å². The number of aliphatic hydroxyl groups excluding tert-OH is 22. The van der Waals surface area contributed by atoms with Crippen LogP contribution in [0.3, 0.4) is 0 Å². The van der Waals surface area contributed by atoms with Crippen molar-refractivity contribution in [3.05, 3.63) is 0 Å². The molecule has 11 unspecified atom stereocenters. The zero-order valence-electron chi connectivity index (χ0n) is 55.7. The zero-order valence-corrected chi connectivity index (χ0v) is 55.7. The van der Waals surface area contributed by atoms with E-state index in [4.69, 9.17) is 53.6 Å². The highest BCUT2D eigenvalue weighted by Gasteiger charge is 2.53. The highest BCUT2D eigenvalue weighted by molar-refractivity contribution is 5.01. The second-order valence-corrected chi connectivity index (χ2v) is 30.5. The van der Waals surface area contributed by atoms with Crippen molar-refractivity contribution in [2.75, 3.05) is 46.8 Å². The molecule has 0 aromatic carbocycles. The molecule has 0 aromatic heterocycles. The second-order valence-electron chi connectivity index (χ2n) is 30.5. The van der Waals surface area contributed by atoms with Crippen LogP contribution >= 0.6 is 0 Å². The predicted molar refractivity (Wildman–Crippen MR) is 352 cm³/mol. The molecule has 6 fully saturated rings. The SMILES string of the molecule is C.C.C.C.C.CC(C)(C)[C@@H]1OC(CO)[C@@H](O)C(O)[C@@H]1O.CC(C)(C)[C@@H]1OC(CO)[C@@H](O)C(O)[C@@H]1O.CC(C)(C)[C@@H]1OC(CO)[C@@H](O)C(O)[C@H]1O.CC(C)(C)[C@@H]1OC(CO)[C@H](O)C(O)[C@@H]1O.CC(C)(C)[C@@H]1OC[C@@H](O)C(O)[C@@H]1O.CO[C@@H]1C(CO)O[C@@H](C(C)(C)C)[C@@H](O)C1O. The molecule has 6 aliphatic heterocycles. The van der Waals surface area contributed by atoms with Crippen LogP contribution in [0.25, 0.3) is 0 Å². The average Bonchev–Trinajstić information content (AvgIpc) is 0.840. The monoisotopic (exact) mass is 1380 g/mol. The Morgan fingerprint density at radius 1 is 0.255 bits per heavy atom. The topological polar surface area (TPSA) is 510 Å². The smallest absolute Gasteiger partial charge is 0.114 e.